The molecule has 3 aromatic rings. The first-order valence-corrected chi connectivity index (χ1v) is 7.40. The summed E-state index contributed by atoms with van der Waals surface area (Å²) in [4.78, 5) is 2.18. The van der Waals surface area contributed by atoms with Crippen LogP contribution in [0.4, 0.5) is 17.1 Å². The summed E-state index contributed by atoms with van der Waals surface area (Å²) in [6.45, 7) is 0. The van der Waals surface area contributed by atoms with Crippen LogP contribution in [0.25, 0.3) is 0 Å². The first kappa shape index (κ1) is 14.5. The Bertz CT molecular complexity index is 724. The highest BCUT2D eigenvalue weighted by Gasteiger charge is 2.11. The Morgan fingerprint density at radius 1 is 0.682 bits per heavy atom. The Hall–Kier alpha value is -2.45. The van der Waals surface area contributed by atoms with Gasteiger partial charge in [0.05, 0.1) is 7.11 Å². The second-order valence-electron chi connectivity index (χ2n) is 4.85. The van der Waals surface area contributed by atoms with Crippen LogP contribution in [0.2, 0.25) is 5.02 Å². The van der Waals surface area contributed by atoms with Crippen molar-refractivity contribution >= 4 is 28.7 Å². The van der Waals surface area contributed by atoms with Crippen molar-refractivity contribution in [2.24, 2.45) is 0 Å². The minimum Gasteiger partial charge on any atom is -0.497 e. The maximum Gasteiger partial charge on any atom is 0.119 e. The third kappa shape index (κ3) is 3.07. The lowest BCUT2D eigenvalue weighted by molar-refractivity contribution is 0.415. The van der Waals surface area contributed by atoms with Gasteiger partial charge in [-0.1, -0.05) is 29.8 Å². The van der Waals surface area contributed by atoms with Gasteiger partial charge in [-0.05, 0) is 60.7 Å². The van der Waals surface area contributed by atoms with Crippen molar-refractivity contribution in [3.8, 4) is 5.75 Å². The average molecular weight is 310 g/mol. The van der Waals surface area contributed by atoms with Crippen LogP contribution < -0.4 is 9.64 Å². The van der Waals surface area contributed by atoms with Gasteiger partial charge >= 0.3 is 0 Å². The minimum absolute atomic E-state index is 0.728. The van der Waals surface area contributed by atoms with E-state index in [1.54, 1.807) is 7.11 Å². The summed E-state index contributed by atoms with van der Waals surface area (Å²) in [6.07, 6.45) is 0. The molecule has 0 bridgehead atoms. The Morgan fingerprint density at radius 2 is 1.18 bits per heavy atom. The van der Waals surface area contributed by atoms with E-state index in [0.29, 0.717) is 0 Å². The highest BCUT2D eigenvalue weighted by molar-refractivity contribution is 6.30. The molecule has 0 radical (unpaired) electrons. The molecule has 110 valence electrons. The van der Waals surface area contributed by atoms with Crippen molar-refractivity contribution in [3.05, 3.63) is 83.9 Å². The molecule has 0 aliphatic rings. The fourth-order valence-corrected chi connectivity index (χ4v) is 2.47. The molecule has 0 aliphatic heterocycles. The van der Waals surface area contributed by atoms with E-state index in [0.717, 1.165) is 27.8 Å². The van der Waals surface area contributed by atoms with E-state index >= 15 is 0 Å². The predicted octanol–water partition coefficient (Wildman–Crippen LogP) is 5.82. The molecule has 0 aromatic heterocycles. The average Bonchev–Trinajstić information content (AvgIpc) is 2.58. The molecule has 0 atom stereocenters. The van der Waals surface area contributed by atoms with E-state index < -0.39 is 0 Å². The Labute approximate surface area is 135 Å². The summed E-state index contributed by atoms with van der Waals surface area (Å²) in [7, 11) is 1.67. The molecule has 0 unspecified atom stereocenters. The normalized spacial score (nSPS) is 10.3. The smallest absolute Gasteiger partial charge is 0.119 e. The third-order valence-corrected chi connectivity index (χ3v) is 3.68. The molecular weight excluding hydrogens is 294 g/mol. The van der Waals surface area contributed by atoms with Crippen LogP contribution in [0, 0.1) is 0 Å². The van der Waals surface area contributed by atoms with Crippen LogP contribution in [0.15, 0.2) is 78.9 Å². The van der Waals surface area contributed by atoms with Gasteiger partial charge in [0.15, 0.2) is 0 Å². The topological polar surface area (TPSA) is 12.5 Å². The number of halogens is 1. The minimum atomic E-state index is 0.728. The standard InChI is InChI=1S/C19H16ClNO/c1-22-19-13-11-18(12-14-19)21(16-5-3-2-4-6-16)17-9-7-15(20)8-10-17/h2-14H,1H3. The second kappa shape index (κ2) is 6.54. The molecule has 0 saturated carbocycles. The van der Waals surface area contributed by atoms with E-state index in [1.807, 2.05) is 66.7 Å². The maximum absolute atomic E-state index is 6.01. The van der Waals surface area contributed by atoms with E-state index in [-0.39, 0.29) is 0 Å². The van der Waals surface area contributed by atoms with Crippen molar-refractivity contribution in [1.29, 1.82) is 0 Å². The highest BCUT2D eigenvalue weighted by Crippen LogP contribution is 2.35. The summed E-state index contributed by atoms with van der Waals surface area (Å²) < 4.78 is 5.24. The Balaban J connectivity index is 2.07. The van der Waals surface area contributed by atoms with Gasteiger partial charge in [-0.25, -0.2) is 0 Å². The molecular formula is C19H16ClNO. The summed E-state index contributed by atoms with van der Waals surface area (Å²) >= 11 is 6.01. The quantitative estimate of drug-likeness (QED) is 0.602. The van der Waals surface area contributed by atoms with E-state index in [4.69, 9.17) is 16.3 Å². The van der Waals surface area contributed by atoms with Crippen LogP contribution in [0.3, 0.4) is 0 Å². The van der Waals surface area contributed by atoms with Crippen LogP contribution in [-0.4, -0.2) is 7.11 Å². The Morgan fingerprint density at radius 3 is 1.73 bits per heavy atom. The van der Waals surface area contributed by atoms with Gasteiger partial charge < -0.3 is 9.64 Å². The van der Waals surface area contributed by atoms with E-state index in [1.165, 1.54) is 0 Å². The number of para-hydroxylation sites is 1. The molecule has 2 nitrogen and oxygen atoms in total. The van der Waals surface area contributed by atoms with Crippen molar-refractivity contribution in [2.75, 3.05) is 12.0 Å². The second-order valence-corrected chi connectivity index (χ2v) is 5.28. The molecule has 0 fully saturated rings. The molecule has 22 heavy (non-hydrogen) atoms. The third-order valence-electron chi connectivity index (χ3n) is 3.43. The molecule has 0 saturated heterocycles. The molecule has 0 heterocycles. The van der Waals surface area contributed by atoms with Gasteiger partial charge in [0, 0.05) is 22.1 Å². The monoisotopic (exact) mass is 309 g/mol. The van der Waals surface area contributed by atoms with Crippen LogP contribution >= 0.6 is 11.6 Å². The number of hydrogen-bond donors (Lipinski definition) is 0. The zero-order valence-corrected chi connectivity index (χ0v) is 13.0. The predicted molar refractivity (Wildman–Crippen MR) is 92.7 cm³/mol. The van der Waals surface area contributed by atoms with Crippen LogP contribution in [0.1, 0.15) is 0 Å². The summed E-state index contributed by atoms with van der Waals surface area (Å²) in [5.41, 5.74) is 3.21. The zero-order valence-electron chi connectivity index (χ0n) is 12.2. The first-order chi connectivity index (χ1) is 10.8. The van der Waals surface area contributed by atoms with Crippen LogP contribution in [-0.2, 0) is 0 Å². The van der Waals surface area contributed by atoms with E-state index in [9.17, 15) is 0 Å². The van der Waals surface area contributed by atoms with Gasteiger partial charge in [0.2, 0.25) is 0 Å². The van der Waals surface area contributed by atoms with Crippen molar-refractivity contribution < 1.29 is 4.74 Å². The molecule has 0 N–H and O–H groups in total. The van der Waals surface area contributed by atoms with Gasteiger partial charge in [0.25, 0.3) is 0 Å². The molecule has 0 spiro atoms. The van der Waals surface area contributed by atoms with Gasteiger partial charge in [0.1, 0.15) is 5.75 Å². The number of methoxy groups -OCH3 is 1. The number of benzene rings is 3. The van der Waals surface area contributed by atoms with Crippen molar-refractivity contribution in [1.82, 2.24) is 0 Å². The molecule has 3 rings (SSSR count). The number of anilines is 3. The van der Waals surface area contributed by atoms with Gasteiger partial charge in [-0.15, -0.1) is 0 Å². The summed E-state index contributed by atoms with van der Waals surface area (Å²) in [5.74, 6) is 0.841. The molecule has 3 aromatic carbocycles. The van der Waals surface area contributed by atoms with Crippen molar-refractivity contribution in [3.63, 3.8) is 0 Å². The lowest BCUT2D eigenvalue weighted by Gasteiger charge is -2.25. The number of ether oxygens (including phenoxy) is 1. The number of nitrogens with zero attached hydrogens (tertiary/aromatic N) is 1. The molecule has 0 amide bonds. The maximum atomic E-state index is 6.01. The Kier molecular flexibility index (Phi) is 4.31. The molecule has 3 heteroatoms. The highest BCUT2D eigenvalue weighted by atomic mass is 35.5. The lowest BCUT2D eigenvalue weighted by atomic mass is 10.2. The van der Waals surface area contributed by atoms with Gasteiger partial charge in [-0.3, -0.25) is 0 Å². The molecule has 0 aliphatic carbocycles. The van der Waals surface area contributed by atoms with E-state index in [2.05, 4.69) is 17.0 Å². The van der Waals surface area contributed by atoms with Crippen LogP contribution in [0.5, 0.6) is 5.75 Å². The largest absolute Gasteiger partial charge is 0.497 e. The van der Waals surface area contributed by atoms with Gasteiger partial charge in [-0.2, -0.15) is 0 Å². The first-order valence-electron chi connectivity index (χ1n) is 7.03. The fourth-order valence-electron chi connectivity index (χ4n) is 2.35. The number of hydrogen-bond acceptors (Lipinski definition) is 2. The summed E-state index contributed by atoms with van der Waals surface area (Å²) in [6, 6.07) is 26.1. The summed E-state index contributed by atoms with van der Waals surface area (Å²) in [5, 5.41) is 0.728. The fraction of sp³-hybridized carbons (Fsp3) is 0.0526. The van der Waals surface area contributed by atoms with Crippen molar-refractivity contribution in [2.45, 2.75) is 0 Å². The zero-order chi connectivity index (χ0) is 15.4. The lowest BCUT2D eigenvalue weighted by Crippen LogP contribution is -2.09. The SMILES string of the molecule is COc1ccc(N(c2ccccc2)c2ccc(Cl)cc2)cc1. The number of rotatable bonds is 4.